The summed E-state index contributed by atoms with van der Waals surface area (Å²) in [6.45, 7) is 6.48. The molecular formula is C35H43N3O4. The number of para-hydroxylation sites is 1. The van der Waals surface area contributed by atoms with Crippen LogP contribution in [0, 0.1) is 0 Å². The average molecular weight is 570 g/mol. The lowest BCUT2D eigenvalue weighted by Gasteiger charge is -2.33. The Morgan fingerprint density at radius 2 is 1.88 bits per heavy atom. The van der Waals surface area contributed by atoms with Crippen LogP contribution in [0.4, 0.5) is 11.4 Å². The maximum absolute atomic E-state index is 13.2. The van der Waals surface area contributed by atoms with Crippen molar-refractivity contribution in [3.05, 3.63) is 89.0 Å². The van der Waals surface area contributed by atoms with Gasteiger partial charge in [0.05, 0.1) is 31.4 Å². The summed E-state index contributed by atoms with van der Waals surface area (Å²) in [4.78, 5) is 17.6. The second kappa shape index (κ2) is 13.7. The zero-order chi connectivity index (χ0) is 28.7. The monoisotopic (exact) mass is 569 g/mol. The first kappa shape index (κ1) is 28.7. The molecule has 3 aliphatic rings. The van der Waals surface area contributed by atoms with E-state index in [-0.39, 0.29) is 12.0 Å². The van der Waals surface area contributed by atoms with Crippen molar-refractivity contribution < 1.29 is 19.0 Å². The Balaban J connectivity index is 1.08. The largest absolute Gasteiger partial charge is 0.490 e. The van der Waals surface area contributed by atoms with Gasteiger partial charge < -0.3 is 29.3 Å². The van der Waals surface area contributed by atoms with E-state index in [1.165, 1.54) is 11.1 Å². The predicted octanol–water partition coefficient (Wildman–Crippen LogP) is 5.11. The normalized spacial score (nSPS) is 20.0. The second-order valence-electron chi connectivity index (χ2n) is 11.6. The van der Waals surface area contributed by atoms with Gasteiger partial charge in [0.25, 0.3) is 0 Å². The minimum atomic E-state index is 0.0844. The molecule has 7 nitrogen and oxygen atoms in total. The molecule has 3 heterocycles. The van der Waals surface area contributed by atoms with Gasteiger partial charge in [-0.3, -0.25) is 4.79 Å². The molecule has 1 saturated heterocycles. The predicted molar refractivity (Wildman–Crippen MR) is 167 cm³/mol. The number of nitrogens with one attached hydrogen (secondary N) is 1. The van der Waals surface area contributed by atoms with E-state index in [4.69, 9.17) is 14.2 Å². The number of nitrogens with zero attached hydrogens (tertiary/aromatic N) is 2. The quantitative estimate of drug-likeness (QED) is 0.343. The van der Waals surface area contributed by atoms with Crippen molar-refractivity contribution >= 4 is 17.3 Å². The number of hydrogen-bond donors (Lipinski definition) is 1. The van der Waals surface area contributed by atoms with Crippen LogP contribution in [0.25, 0.3) is 0 Å². The Morgan fingerprint density at radius 3 is 2.76 bits per heavy atom. The molecule has 7 heteroatoms. The highest BCUT2D eigenvalue weighted by Gasteiger charge is 2.28. The summed E-state index contributed by atoms with van der Waals surface area (Å²) in [6, 6.07) is 23.4. The van der Waals surface area contributed by atoms with Crippen molar-refractivity contribution in [2.45, 2.75) is 50.7 Å². The first-order valence-corrected chi connectivity index (χ1v) is 15.5. The minimum absolute atomic E-state index is 0.0844. The lowest BCUT2D eigenvalue weighted by molar-refractivity contribution is -0.118. The summed E-state index contributed by atoms with van der Waals surface area (Å²) in [5.41, 5.74) is 7.00. The van der Waals surface area contributed by atoms with Crippen LogP contribution in [0.3, 0.4) is 0 Å². The van der Waals surface area contributed by atoms with Gasteiger partial charge in [0.15, 0.2) is 0 Å². The van der Waals surface area contributed by atoms with Gasteiger partial charge in [-0.25, -0.2) is 0 Å². The number of anilines is 2. The number of ether oxygens (including phenoxy) is 3. The van der Waals surface area contributed by atoms with E-state index >= 15 is 0 Å². The van der Waals surface area contributed by atoms with Crippen LogP contribution in [-0.2, 0) is 33.7 Å². The van der Waals surface area contributed by atoms with Crippen LogP contribution in [0.1, 0.15) is 47.4 Å². The molecule has 2 unspecified atom stereocenters. The van der Waals surface area contributed by atoms with Gasteiger partial charge in [0.1, 0.15) is 12.4 Å². The zero-order valence-corrected chi connectivity index (χ0v) is 24.7. The van der Waals surface area contributed by atoms with Gasteiger partial charge in [-0.2, -0.15) is 0 Å². The number of carbonyl (C=O) groups excluding carboxylic acids is 1. The topological polar surface area (TPSA) is 63.3 Å². The Kier molecular flexibility index (Phi) is 9.38. The van der Waals surface area contributed by atoms with Crippen LogP contribution in [0.15, 0.2) is 66.7 Å². The third-order valence-corrected chi connectivity index (χ3v) is 8.82. The number of rotatable bonds is 10. The minimum Gasteiger partial charge on any atom is -0.490 e. The second-order valence-corrected chi connectivity index (χ2v) is 11.6. The van der Waals surface area contributed by atoms with Gasteiger partial charge in [0.2, 0.25) is 5.91 Å². The SMILES string of the molecule is COCCCN1CCOc2ccc(COC3CNCCC3c3ccc(CC(=O)N4CCCc5ccccc54)cc3)cc21. The molecule has 1 fully saturated rings. The summed E-state index contributed by atoms with van der Waals surface area (Å²) in [7, 11) is 1.75. The number of aryl methyl sites for hydroxylation is 1. The van der Waals surface area contributed by atoms with Crippen molar-refractivity contribution in [1.29, 1.82) is 0 Å². The van der Waals surface area contributed by atoms with Gasteiger partial charge in [-0.15, -0.1) is 0 Å². The van der Waals surface area contributed by atoms with E-state index in [2.05, 4.69) is 70.9 Å². The van der Waals surface area contributed by atoms with Crippen LogP contribution in [0.5, 0.6) is 5.75 Å². The van der Waals surface area contributed by atoms with E-state index in [9.17, 15) is 4.79 Å². The fourth-order valence-corrected chi connectivity index (χ4v) is 6.58. The van der Waals surface area contributed by atoms with Crippen molar-refractivity contribution in [3.63, 3.8) is 0 Å². The van der Waals surface area contributed by atoms with Gasteiger partial charge >= 0.3 is 0 Å². The third-order valence-electron chi connectivity index (χ3n) is 8.82. The van der Waals surface area contributed by atoms with Crippen molar-refractivity contribution in [2.24, 2.45) is 0 Å². The summed E-state index contributed by atoms with van der Waals surface area (Å²) in [5.74, 6) is 1.44. The maximum atomic E-state index is 13.2. The summed E-state index contributed by atoms with van der Waals surface area (Å²) >= 11 is 0. The molecule has 0 saturated carbocycles. The average Bonchev–Trinajstić information content (AvgIpc) is 3.04. The van der Waals surface area contributed by atoms with Crippen LogP contribution >= 0.6 is 0 Å². The summed E-state index contributed by atoms with van der Waals surface area (Å²) < 4.78 is 17.7. The highest BCUT2D eigenvalue weighted by atomic mass is 16.5. The smallest absolute Gasteiger partial charge is 0.231 e. The van der Waals surface area contributed by atoms with Crippen LogP contribution < -0.4 is 19.9 Å². The molecular weight excluding hydrogens is 526 g/mol. The molecule has 3 aromatic rings. The Bertz CT molecular complexity index is 1340. The molecule has 222 valence electrons. The van der Waals surface area contributed by atoms with E-state index in [1.54, 1.807) is 7.11 Å². The van der Waals surface area contributed by atoms with Crippen molar-refractivity contribution in [2.75, 3.05) is 62.8 Å². The summed E-state index contributed by atoms with van der Waals surface area (Å²) in [6.07, 6.45) is 4.59. The number of hydrogen-bond acceptors (Lipinski definition) is 6. The van der Waals surface area contributed by atoms with Gasteiger partial charge in [-0.1, -0.05) is 48.5 Å². The lowest BCUT2D eigenvalue weighted by atomic mass is 9.87. The van der Waals surface area contributed by atoms with Crippen molar-refractivity contribution in [1.82, 2.24) is 5.32 Å². The van der Waals surface area contributed by atoms with Crippen LogP contribution in [0.2, 0.25) is 0 Å². The molecule has 0 spiro atoms. The maximum Gasteiger partial charge on any atom is 0.231 e. The number of carbonyl (C=O) groups is 1. The molecule has 1 N–H and O–H groups in total. The number of amides is 1. The Hall–Kier alpha value is -3.39. The third kappa shape index (κ3) is 6.64. The first-order valence-electron chi connectivity index (χ1n) is 15.5. The van der Waals surface area contributed by atoms with E-state index in [0.29, 0.717) is 25.6 Å². The van der Waals surface area contributed by atoms with Gasteiger partial charge in [-0.05, 0) is 72.7 Å². The first-order chi connectivity index (χ1) is 20.7. The molecule has 1 amide bonds. The standard InChI is InChI=1S/C35H43N3O4/c1-40-20-5-17-37-19-21-41-33-14-11-27(22-32(33)37)25-42-34-24-36-16-15-30(34)28-12-9-26(10-13-28)23-35(39)38-18-4-7-29-6-2-3-8-31(29)38/h2-3,6,8-14,22,30,34,36H,4-5,7,15-21,23-25H2,1H3. The molecule has 0 bridgehead atoms. The molecule has 3 aromatic carbocycles. The summed E-state index contributed by atoms with van der Waals surface area (Å²) in [5, 5.41) is 3.52. The molecule has 2 atom stereocenters. The van der Waals surface area contributed by atoms with Crippen LogP contribution in [-0.4, -0.2) is 65.1 Å². The Labute approximate surface area is 249 Å². The lowest BCUT2D eigenvalue weighted by Crippen LogP contribution is -2.41. The van der Waals surface area contributed by atoms with E-state index < -0.39 is 0 Å². The molecule has 3 aliphatic heterocycles. The number of piperidine rings is 1. The molecule has 42 heavy (non-hydrogen) atoms. The number of fused-ring (bicyclic) bond motifs is 2. The molecule has 6 rings (SSSR count). The molecule has 0 aliphatic carbocycles. The fraction of sp³-hybridized carbons (Fsp3) is 0.457. The van der Waals surface area contributed by atoms with E-state index in [0.717, 1.165) is 93.3 Å². The fourth-order valence-electron chi connectivity index (χ4n) is 6.58. The van der Waals surface area contributed by atoms with Gasteiger partial charge in [0, 0.05) is 45.0 Å². The Morgan fingerprint density at radius 1 is 1.02 bits per heavy atom. The number of methoxy groups -OCH3 is 1. The highest BCUT2D eigenvalue weighted by Crippen LogP contribution is 2.34. The molecule has 0 radical (unpaired) electrons. The number of benzene rings is 3. The molecule has 0 aromatic heterocycles. The van der Waals surface area contributed by atoms with Crippen molar-refractivity contribution in [3.8, 4) is 5.75 Å². The highest BCUT2D eigenvalue weighted by molar-refractivity contribution is 5.95. The zero-order valence-electron chi connectivity index (χ0n) is 24.7. The van der Waals surface area contributed by atoms with E-state index in [1.807, 2.05) is 11.0 Å².